The molecule has 5 atom stereocenters. The van der Waals surface area contributed by atoms with Gasteiger partial charge in [0.1, 0.15) is 5.75 Å². The summed E-state index contributed by atoms with van der Waals surface area (Å²) in [6.45, 7) is 7.26. The number of anilines is 1. The fourth-order valence-corrected chi connectivity index (χ4v) is 14.5. The summed E-state index contributed by atoms with van der Waals surface area (Å²) in [4.78, 5) is 47.0. The average molecular weight is 884 g/mol. The van der Waals surface area contributed by atoms with E-state index in [9.17, 15) is 14.7 Å². The third-order valence-electron chi connectivity index (χ3n) is 13.3. The highest BCUT2D eigenvalue weighted by Gasteiger charge is 2.66. The molecule has 0 bridgehead atoms. The molecule has 0 aliphatic carbocycles. The van der Waals surface area contributed by atoms with Gasteiger partial charge in [0.2, 0.25) is 5.91 Å². The second-order valence-corrected chi connectivity index (χ2v) is 22.5. The molecule has 4 heterocycles. The minimum atomic E-state index is -2.54. The van der Waals surface area contributed by atoms with Gasteiger partial charge in [-0.3, -0.25) is 14.4 Å². The highest BCUT2D eigenvalue weighted by Crippen LogP contribution is 2.60. The van der Waals surface area contributed by atoms with Crippen LogP contribution in [0.1, 0.15) is 35.6 Å². The predicted octanol–water partition coefficient (Wildman–Crippen LogP) is 7.26. The molecule has 5 aromatic carbocycles. The summed E-state index contributed by atoms with van der Waals surface area (Å²) in [7, 11) is -0.887. The molecule has 1 N–H and O–H groups in total. The number of fused-ring (bicyclic) bond motifs is 4. The van der Waals surface area contributed by atoms with Crippen LogP contribution in [0.5, 0.6) is 5.75 Å². The highest BCUT2D eigenvalue weighted by molar-refractivity contribution is 9.10. The van der Waals surface area contributed by atoms with Crippen LogP contribution in [0.4, 0.5) is 5.69 Å². The van der Waals surface area contributed by atoms with Crippen molar-refractivity contribution in [3.63, 3.8) is 0 Å². The second-order valence-electron chi connectivity index (χ2n) is 16.9. The number of hydrogen-bond acceptors (Lipinski definition) is 7. The van der Waals surface area contributed by atoms with Gasteiger partial charge in [-0.05, 0) is 77.2 Å². The minimum Gasteiger partial charge on any atom is -0.497 e. The zero-order chi connectivity index (χ0) is 41.9. The lowest BCUT2D eigenvalue weighted by Crippen LogP contribution is -2.52. The maximum absolute atomic E-state index is 15.4. The second kappa shape index (κ2) is 15.6. The normalized spacial score (nSPS) is 22.3. The molecule has 10 nitrogen and oxygen atoms in total. The monoisotopic (exact) mass is 882 g/mol. The quantitative estimate of drug-likeness (QED) is 0.152. The molecule has 0 radical (unpaired) electrons. The Hall–Kier alpha value is -5.40. The first kappa shape index (κ1) is 40.0. The lowest BCUT2D eigenvalue weighted by Gasteiger charge is -2.39. The van der Waals surface area contributed by atoms with Gasteiger partial charge in [-0.1, -0.05) is 108 Å². The third kappa shape index (κ3) is 6.61. The number of hydrogen-bond donors (Lipinski definition) is 1. The number of amides is 2. The number of halogens is 1. The molecule has 12 heteroatoms. The molecule has 0 saturated carbocycles. The summed E-state index contributed by atoms with van der Waals surface area (Å²) < 4.78 is 15.0. The number of ether oxygens (including phenoxy) is 2. The van der Waals surface area contributed by atoms with Crippen molar-refractivity contribution in [1.29, 1.82) is 0 Å². The lowest BCUT2D eigenvalue weighted by molar-refractivity contribution is -0.151. The summed E-state index contributed by atoms with van der Waals surface area (Å²) in [6, 6.07) is 36.8. The number of rotatable bonds is 9. The molecule has 3 aliphatic heterocycles. The molecule has 2 amide bonds. The van der Waals surface area contributed by atoms with Gasteiger partial charge in [0.05, 0.1) is 69.9 Å². The fourth-order valence-electron chi connectivity index (χ4n) is 10.2. The molecule has 1 aromatic heterocycles. The number of carbonyl (C=O) groups excluding carboxylic acids is 2. The maximum Gasteiger partial charge on any atom is 0.279 e. The summed E-state index contributed by atoms with van der Waals surface area (Å²) in [6.07, 6.45) is 1.75. The van der Waals surface area contributed by atoms with Gasteiger partial charge in [-0.15, -0.1) is 0 Å². The molecule has 1 spiro atoms. The molecule has 60 heavy (non-hydrogen) atoms. The van der Waals surface area contributed by atoms with Gasteiger partial charge < -0.3 is 24.4 Å². The van der Waals surface area contributed by atoms with Crippen molar-refractivity contribution in [3.05, 3.63) is 159 Å². The number of carbonyl (C=O) groups is 2. The SMILES string of the molecule is COc1ccc([Si](C)(C)[C@H]2[C@H](CC(=O)N3Cc4ccccc4C[C@H]3CO)O[C@@]3(C(=O)N(Cc4ccc(-n5ncc6ccccc6c5=O)cc4)c4ccc(Br)cc43)[C@@H]2C)cc1. The first-order valence-electron chi connectivity index (χ1n) is 20.4. The van der Waals surface area contributed by atoms with Crippen molar-refractivity contribution >= 4 is 57.5 Å². The Morgan fingerprint density at radius 1 is 0.950 bits per heavy atom. The molecule has 9 rings (SSSR count). The van der Waals surface area contributed by atoms with Crippen LogP contribution in [-0.2, 0) is 39.4 Å². The van der Waals surface area contributed by atoms with E-state index in [0.29, 0.717) is 24.0 Å². The summed E-state index contributed by atoms with van der Waals surface area (Å²) >= 11 is 3.71. The Kier molecular flexibility index (Phi) is 10.4. The van der Waals surface area contributed by atoms with Crippen molar-refractivity contribution in [3.8, 4) is 11.4 Å². The number of benzene rings is 5. The van der Waals surface area contributed by atoms with Crippen molar-refractivity contribution in [2.24, 2.45) is 5.92 Å². The number of nitrogens with zero attached hydrogens (tertiary/aromatic N) is 4. The van der Waals surface area contributed by atoms with E-state index >= 15 is 4.79 Å². The van der Waals surface area contributed by atoms with Gasteiger partial charge >= 0.3 is 0 Å². The third-order valence-corrected chi connectivity index (χ3v) is 18.1. The first-order chi connectivity index (χ1) is 28.9. The number of aromatic nitrogens is 2. The Labute approximate surface area is 358 Å². The zero-order valence-corrected chi connectivity index (χ0v) is 36.6. The molecule has 1 fully saturated rings. The predicted molar refractivity (Wildman–Crippen MR) is 238 cm³/mol. The van der Waals surface area contributed by atoms with Crippen LogP contribution in [0.15, 0.2) is 131 Å². The van der Waals surface area contributed by atoms with Crippen LogP contribution in [0.2, 0.25) is 18.6 Å². The molecule has 6 aromatic rings. The van der Waals surface area contributed by atoms with Crippen molar-refractivity contribution < 1.29 is 24.2 Å². The largest absolute Gasteiger partial charge is 0.497 e. The Morgan fingerprint density at radius 3 is 2.40 bits per heavy atom. The van der Waals surface area contributed by atoms with Gasteiger partial charge in [-0.25, -0.2) is 0 Å². The number of methoxy groups -OCH3 is 1. The molecule has 3 aliphatic rings. The maximum atomic E-state index is 15.4. The Bertz CT molecular complexity index is 2690. The van der Waals surface area contributed by atoms with Gasteiger partial charge in [-0.2, -0.15) is 9.78 Å². The highest BCUT2D eigenvalue weighted by atomic mass is 79.9. The van der Waals surface area contributed by atoms with Crippen LogP contribution in [-0.4, -0.2) is 65.5 Å². The zero-order valence-electron chi connectivity index (χ0n) is 34.0. The molecular weight excluding hydrogens is 837 g/mol. The van der Waals surface area contributed by atoms with E-state index in [4.69, 9.17) is 9.47 Å². The van der Waals surface area contributed by atoms with E-state index in [1.54, 1.807) is 29.2 Å². The van der Waals surface area contributed by atoms with Crippen molar-refractivity contribution in [2.75, 3.05) is 18.6 Å². The average Bonchev–Trinajstić information content (AvgIpc) is 3.69. The van der Waals surface area contributed by atoms with Crippen LogP contribution in [0, 0.1) is 5.92 Å². The van der Waals surface area contributed by atoms with E-state index in [0.717, 1.165) is 43.5 Å². The van der Waals surface area contributed by atoms with E-state index in [-0.39, 0.29) is 54.4 Å². The molecule has 1 saturated heterocycles. The van der Waals surface area contributed by atoms with Gasteiger partial charge in [0.15, 0.2) is 5.60 Å². The van der Waals surface area contributed by atoms with E-state index in [1.165, 1.54) is 9.87 Å². The summed E-state index contributed by atoms with van der Waals surface area (Å²) in [5, 5.41) is 17.5. The Balaban J connectivity index is 1.07. The van der Waals surface area contributed by atoms with Crippen molar-refractivity contribution in [1.82, 2.24) is 14.7 Å². The van der Waals surface area contributed by atoms with E-state index < -0.39 is 19.8 Å². The summed E-state index contributed by atoms with van der Waals surface area (Å²) in [5.74, 6) is 0.184. The first-order valence-corrected chi connectivity index (χ1v) is 24.3. The molecule has 306 valence electrons. The van der Waals surface area contributed by atoms with Gasteiger partial charge in [0.25, 0.3) is 11.5 Å². The molecular formula is C48H47BrN4O6Si. The standard InChI is InChI=1S/C48H47BrN4O6Si/c1-30-45(60(3,4)39-20-18-38(58-2)19-21-39)43(25-44(55)51-28-34-11-6-5-9-32(34)23-37(51)29-54)59-48(30)41-24-35(49)15-22-42(41)52(47(48)57)27-31-13-16-36(17-14-31)53-46(56)40-12-8-7-10-33(40)26-50-53/h5-22,24,26,30,37,43,45,54H,23,25,27-29H2,1-4H3/t30-,37+,43+,45-,48+/m1/s1. The van der Waals surface area contributed by atoms with E-state index in [1.807, 2.05) is 91.0 Å². The van der Waals surface area contributed by atoms with E-state index in [2.05, 4.69) is 59.2 Å². The number of aliphatic hydroxyl groups is 1. The van der Waals surface area contributed by atoms with Crippen molar-refractivity contribution in [2.45, 2.75) is 69.2 Å². The smallest absolute Gasteiger partial charge is 0.279 e. The van der Waals surface area contributed by atoms with Gasteiger partial charge in [0, 0.05) is 27.9 Å². The van der Waals surface area contributed by atoms with Crippen LogP contribution in [0.25, 0.3) is 16.5 Å². The summed E-state index contributed by atoms with van der Waals surface area (Å²) in [5.41, 5.74) is 3.53. The van der Waals surface area contributed by atoms with Crippen LogP contribution >= 0.6 is 15.9 Å². The molecule has 0 unspecified atom stereocenters. The minimum absolute atomic E-state index is 0.0717. The number of aliphatic hydroxyl groups excluding tert-OH is 1. The van der Waals surface area contributed by atoms with Crippen LogP contribution in [0.3, 0.4) is 0 Å². The topological polar surface area (TPSA) is 114 Å². The fraction of sp³-hybridized carbons (Fsp3) is 0.292. The Morgan fingerprint density at radius 2 is 1.67 bits per heavy atom. The lowest BCUT2D eigenvalue weighted by atomic mass is 9.82. The van der Waals surface area contributed by atoms with Crippen LogP contribution < -0.4 is 20.4 Å².